The SMILES string of the molecule is Cn1cc(C(NC(=O)c2ccc[nH]2)C(=O)O)cn1. The molecule has 18 heavy (non-hydrogen) atoms. The molecule has 2 aromatic rings. The molecule has 2 rings (SSSR count). The zero-order valence-electron chi connectivity index (χ0n) is 9.62. The van der Waals surface area contributed by atoms with Gasteiger partial charge in [0.2, 0.25) is 0 Å². The van der Waals surface area contributed by atoms with Gasteiger partial charge in [-0.3, -0.25) is 9.48 Å². The molecule has 0 aromatic carbocycles. The van der Waals surface area contributed by atoms with Crippen LogP contribution >= 0.6 is 0 Å². The molecule has 0 bridgehead atoms. The van der Waals surface area contributed by atoms with E-state index in [-0.39, 0.29) is 0 Å². The highest BCUT2D eigenvalue weighted by Crippen LogP contribution is 2.12. The number of amides is 1. The van der Waals surface area contributed by atoms with Gasteiger partial charge in [0, 0.05) is 25.0 Å². The number of aryl methyl sites for hydroxylation is 1. The Hall–Kier alpha value is -2.57. The van der Waals surface area contributed by atoms with Gasteiger partial charge in [-0.2, -0.15) is 5.10 Å². The number of carboxylic acids is 1. The normalized spacial score (nSPS) is 12.1. The first-order chi connectivity index (χ1) is 8.58. The third-order valence-electron chi connectivity index (χ3n) is 2.42. The first-order valence-corrected chi connectivity index (χ1v) is 5.23. The van der Waals surface area contributed by atoms with Gasteiger partial charge in [-0.15, -0.1) is 0 Å². The molecule has 0 saturated heterocycles. The molecule has 1 atom stereocenters. The summed E-state index contributed by atoms with van der Waals surface area (Å²) in [6, 6.07) is 2.11. The number of aliphatic carboxylic acids is 1. The van der Waals surface area contributed by atoms with Crippen molar-refractivity contribution in [3.63, 3.8) is 0 Å². The second-order valence-corrected chi connectivity index (χ2v) is 3.78. The van der Waals surface area contributed by atoms with Gasteiger partial charge in [-0.25, -0.2) is 4.79 Å². The Bertz CT molecular complexity index is 559. The van der Waals surface area contributed by atoms with E-state index in [1.54, 1.807) is 31.6 Å². The van der Waals surface area contributed by atoms with E-state index in [1.807, 2.05) is 0 Å². The average molecular weight is 248 g/mol. The number of aromatic amines is 1. The van der Waals surface area contributed by atoms with Gasteiger partial charge in [-0.05, 0) is 12.1 Å². The fourth-order valence-corrected chi connectivity index (χ4v) is 1.56. The van der Waals surface area contributed by atoms with E-state index in [1.165, 1.54) is 10.9 Å². The molecule has 0 fully saturated rings. The number of nitrogens with zero attached hydrogens (tertiary/aromatic N) is 2. The number of hydrogen-bond donors (Lipinski definition) is 3. The lowest BCUT2D eigenvalue weighted by molar-refractivity contribution is -0.139. The van der Waals surface area contributed by atoms with Gasteiger partial charge in [0.1, 0.15) is 5.69 Å². The molecule has 3 N–H and O–H groups in total. The van der Waals surface area contributed by atoms with Gasteiger partial charge in [0.05, 0.1) is 6.20 Å². The highest BCUT2D eigenvalue weighted by atomic mass is 16.4. The zero-order chi connectivity index (χ0) is 13.1. The predicted octanol–water partition coefficient (Wildman–Crippen LogP) is 0.304. The molecule has 94 valence electrons. The summed E-state index contributed by atoms with van der Waals surface area (Å²) in [6.07, 6.45) is 4.55. The first kappa shape index (κ1) is 11.9. The van der Waals surface area contributed by atoms with Gasteiger partial charge in [0.25, 0.3) is 5.91 Å². The second kappa shape index (κ2) is 4.74. The van der Waals surface area contributed by atoms with E-state index in [4.69, 9.17) is 5.11 Å². The Morgan fingerprint density at radius 3 is 2.83 bits per heavy atom. The van der Waals surface area contributed by atoms with Crippen molar-refractivity contribution in [3.05, 3.63) is 42.0 Å². The summed E-state index contributed by atoms with van der Waals surface area (Å²) >= 11 is 0. The van der Waals surface area contributed by atoms with Crippen LogP contribution in [0.3, 0.4) is 0 Å². The van der Waals surface area contributed by atoms with Crippen molar-refractivity contribution < 1.29 is 14.7 Å². The molecule has 1 amide bonds. The Labute approximate surface area is 102 Å². The van der Waals surface area contributed by atoms with Crippen LogP contribution in [0.25, 0.3) is 0 Å². The summed E-state index contributed by atoms with van der Waals surface area (Å²) in [5.41, 5.74) is 0.732. The maximum absolute atomic E-state index is 11.8. The van der Waals surface area contributed by atoms with Gasteiger partial charge >= 0.3 is 5.97 Å². The Morgan fingerprint density at radius 2 is 2.33 bits per heavy atom. The number of hydrogen-bond acceptors (Lipinski definition) is 3. The topological polar surface area (TPSA) is 100 Å². The van der Waals surface area contributed by atoms with Crippen LogP contribution in [-0.2, 0) is 11.8 Å². The van der Waals surface area contributed by atoms with Crippen LogP contribution in [-0.4, -0.2) is 31.7 Å². The quantitative estimate of drug-likeness (QED) is 0.724. The third-order valence-corrected chi connectivity index (χ3v) is 2.42. The van der Waals surface area contributed by atoms with Gasteiger partial charge in [0.15, 0.2) is 6.04 Å². The summed E-state index contributed by atoms with van der Waals surface area (Å²) in [4.78, 5) is 25.6. The van der Waals surface area contributed by atoms with Gasteiger partial charge in [-0.1, -0.05) is 0 Å². The van der Waals surface area contributed by atoms with Crippen LogP contribution in [0.1, 0.15) is 22.1 Å². The van der Waals surface area contributed by atoms with E-state index in [9.17, 15) is 9.59 Å². The third kappa shape index (κ3) is 2.40. The number of nitrogens with one attached hydrogen (secondary N) is 2. The molecule has 0 spiro atoms. The van der Waals surface area contributed by atoms with E-state index >= 15 is 0 Å². The lowest BCUT2D eigenvalue weighted by Crippen LogP contribution is -2.33. The number of aromatic nitrogens is 3. The molecule has 2 aromatic heterocycles. The van der Waals surface area contributed by atoms with Crippen molar-refractivity contribution in [2.75, 3.05) is 0 Å². The van der Waals surface area contributed by atoms with Crippen molar-refractivity contribution in [1.29, 1.82) is 0 Å². The van der Waals surface area contributed by atoms with E-state index < -0.39 is 17.9 Å². The van der Waals surface area contributed by atoms with Gasteiger partial charge < -0.3 is 15.4 Å². The van der Waals surface area contributed by atoms with Crippen molar-refractivity contribution >= 4 is 11.9 Å². The smallest absolute Gasteiger partial charge is 0.331 e. The van der Waals surface area contributed by atoms with E-state index in [0.717, 1.165) is 0 Å². The molecular formula is C11H12N4O3. The number of carboxylic acid groups (broad SMARTS) is 1. The van der Waals surface area contributed by atoms with Crippen molar-refractivity contribution in [2.45, 2.75) is 6.04 Å². The molecule has 0 aliphatic carbocycles. The largest absolute Gasteiger partial charge is 0.479 e. The number of carbonyl (C=O) groups is 2. The maximum Gasteiger partial charge on any atom is 0.331 e. The standard InChI is InChI=1S/C11H12N4O3/c1-15-6-7(5-13-15)9(11(17)18)14-10(16)8-3-2-4-12-8/h2-6,9,12H,1H3,(H,14,16)(H,17,18). The average Bonchev–Trinajstić information content (AvgIpc) is 2.95. The van der Waals surface area contributed by atoms with Crippen LogP contribution in [0.4, 0.5) is 0 Å². The summed E-state index contributed by atoms with van der Waals surface area (Å²) < 4.78 is 1.48. The summed E-state index contributed by atoms with van der Waals surface area (Å²) in [7, 11) is 1.68. The fourth-order valence-electron chi connectivity index (χ4n) is 1.56. The Morgan fingerprint density at radius 1 is 1.56 bits per heavy atom. The Balaban J connectivity index is 2.17. The zero-order valence-corrected chi connectivity index (χ0v) is 9.62. The van der Waals surface area contributed by atoms with Crippen LogP contribution < -0.4 is 5.32 Å². The van der Waals surface area contributed by atoms with Crippen LogP contribution in [0.5, 0.6) is 0 Å². The van der Waals surface area contributed by atoms with Crippen LogP contribution in [0, 0.1) is 0 Å². The highest BCUT2D eigenvalue weighted by molar-refractivity contribution is 5.95. The van der Waals surface area contributed by atoms with E-state index in [2.05, 4.69) is 15.4 Å². The summed E-state index contributed by atoms with van der Waals surface area (Å²) in [6.45, 7) is 0. The molecule has 7 heteroatoms. The highest BCUT2D eigenvalue weighted by Gasteiger charge is 2.24. The molecule has 2 heterocycles. The lowest BCUT2D eigenvalue weighted by atomic mass is 10.1. The fraction of sp³-hybridized carbons (Fsp3) is 0.182. The van der Waals surface area contributed by atoms with Crippen molar-refractivity contribution in [1.82, 2.24) is 20.1 Å². The maximum atomic E-state index is 11.8. The number of rotatable bonds is 4. The first-order valence-electron chi connectivity index (χ1n) is 5.23. The van der Waals surface area contributed by atoms with Crippen molar-refractivity contribution in [2.24, 2.45) is 7.05 Å². The molecule has 0 aliphatic rings. The minimum atomic E-state index is -1.14. The van der Waals surface area contributed by atoms with Crippen LogP contribution in [0.2, 0.25) is 0 Å². The molecular weight excluding hydrogens is 236 g/mol. The minimum Gasteiger partial charge on any atom is -0.479 e. The molecule has 0 saturated carbocycles. The molecule has 0 aliphatic heterocycles. The second-order valence-electron chi connectivity index (χ2n) is 3.78. The minimum absolute atomic E-state index is 0.310. The van der Waals surface area contributed by atoms with Crippen LogP contribution in [0.15, 0.2) is 30.7 Å². The monoisotopic (exact) mass is 248 g/mol. The summed E-state index contributed by atoms with van der Waals surface area (Å²) in [5.74, 6) is -1.61. The molecule has 0 radical (unpaired) electrons. The molecule has 1 unspecified atom stereocenters. The van der Waals surface area contributed by atoms with E-state index in [0.29, 0.717) is 11.3 Å². The molecule has 7 nitrogen and oxygen atoms in total. The number of carbonyl (C=O) groups excluding carboxylic acids is 1. The number of H-pyrrole nitrogens is 1. The summed E-state index contributed by atoms with van der Waals surface area (Å²) in [5, 5.41) is 15.4. The Kier molecular flexibility index (Phi) is 3.13. The lowest BCUT2D eigenvalue weighted by Gasteiger charge is -2.11. The predicted molar refractivity (Wildman–Crippen MR) is 61.8 cm³/mol. The van der Waals surface area contributed by atoms with Crippen molar-refractivity contribution in [3.8, 4) is 0 Å².